The van der Waals surface area contributed by atoms with Gasteiger partial charge in [0.15, 0.2) is 0 Å². The van der Waals surface area contributed by atoms with Crippen molar-refractivity contribution in [3.8, 4) is 16.9 Å². The lowest BCUT2D eigenvalue weighted by Gasteiger charge is -2.12. The number of unbranched alkanes of at least 4 members (excludes halogenated alkanes) is 4. The number of benzene rings is 3. The first-order valence-electron chi connectivity index (χ1n) is 15.4. The van der Waals surface area contributed by atoms with Crippen LogP contribution < -0.4 is 15.4 Å². The molecule has 13 heteroatoms. The molecule has 1 heterocycles. The quantitative estimate of drug-likeness (QED) is 0.0642. The van der Waals surface area contributed by atoms with Crippen molar-refractivity contribution in [2.45, 2.75) is 71.5 Å². The molecule has 0 saturated heterocycles. The second-order valence-corrected chi connectivity index (χ2v) is 10.7. The second-order valence-electron chi connectivity index (χ2n) is 10.7. The van der Waals surface area contributed by atoms with Crippen molar-refractivity contribution in [1.29, 1.82) is 0 Å². The molecule has 0 spiro atoms. The molecule has 0 aliphatic heterocycles. The summed E-state index contributed by atoms with van der Waals surface area (Å²) in [5, 5.41) is 22.1. The van der Waals surface area contributed by atoms with Crippen LogP contribution in [0.3, 0.4) is 0 Å². The number of carbonyl (C=O) groups is 3. The Morgan fingerprint density at radius 1 is 0.894 bits per heavy atom. The van der Waals surface area contributed by atoms with Crippen molar-refractivity contribution in [3.05, 3.63) is 78.1 Å². The molecule has 0 unspecified atom stereocenters. The Hall–Kier alpha value is -5.07. The molecule has 10 nitrogen and oxygen atoms in total. The van der Waals surface area contributed by atoms with E-state index in [1.807, 2.05) is 54.6 Å². The summed E-state index contributed by atoms with van der Waals surface area (Å²) in [5.41, 5.74) is 5.26. The van der Waals surface area contributed by atoms with E-state index in [0.29, 0.717) is 24.4 Å². The minimum absolute atomic E-state index is 0.198. The lowest BCUT2D eigenvalue weighted by molar-refractivity contribution is -0.192. The van der Waals surface area contributed by atoms with Crippen LogP contribution in [-0.4, -0.2) is 50.6 Å². The number of amides is 2. The van der Waals surface area contributed by atoms with Gasteiger partial charge in [0, 0.05) is 30.8 Å². The zero-order valence-electron chi connectivity index (χ0n) is 26.3. The van der Waals surface area contributed by atoms with E-state index in [1.165, 1.54) is 12.8 Å². The fraction of sp³-hybridized carbons (Fsp3) is 0.353. The Morgan fingerprint density at radius 2 is 1.57 bits per heavy atom. The smallest absolute Gasteiger partial charge is 0.475 e. The van der Waals surface area contributed by atoms with Gasteiger partial charge in [0.2, 0.25) is 0 Å². The largest absolute Gasteiger partial charge is 0.511 e. The number of halogens is 3. The van der Waals surface area contributed by atoms with Crippen molar-refractivity contribution in [1.82, 2.24) is 14.9 Å². The van der Waals surface area contributed by atoms with Crippen LogP contribution in [0.4, 0.5) is 28.4 Å². The zero-order chi connectivity index (χ0) is 34.4. The van der Waals surface area contributed by atoms with Gasteiger partial charge in [-0.1, -0.05) is 82.0 Å². The number of ether oxygens (including phenoxy) is 1. The van der Waals surface area contributed by atoms with Crippen molar-refractivity contribution in [2.24, 2.45) is 0 Å². The molecular weight excluding hydrogens is 617 g/mol. The van der Waals surface area contributed by atoms with E-state index in [9.17, 15) is 22.8 Å². The van der Waals surface area contributed by atoms with Crippen LogP contribution in [0.1, 0.15) is 63.8 Å². The molecule has 0 atom stereocenters. The first-order valence-corrected chi connectivity index (χ1v) is 15.4. The summed E-state index contributed by atoms with van der Waals surface area (Å²) in [6, 6.07) is 20.8. The number of carbonyl (C=O) groups excluding carboxylic acids is 1. The monoisotopic (exact) mass is 656 g/mol. The summed E-state index contributed by atoms with van der Waals surface area (Å²) < 4.78 is 38.9. The van der Waals surface area contributed by atoms with E-state index >= 15 is 0 Å². The highest BCUT2D eigenvalue weighted by Crippen LogP contribution is 2.31. The summed E-state index contributed by atoms with van der Waals surface area (Å²) >= 11 is 0. The molecule has 0 saturated carbocycles. The minimum atomic E-state index is -5.08. The van der Waals surface area contributed by atoms with Crippen LogP contribution >= 0.6 is 0 Å². The average molecular weight is 657 g/mol. The molecular formula is C34H39F3N4O6. The third-order valence-corrected chi connectivity index (χ3v) is 7.09. The number of aryl methyl sites for hydroxylation is 1. The molecule has 0 aliphatic rings. The molecule has 3 aromatic carbocycles. The maximum Gasteiger partial charge on any atom is 0.511 e. The number of rotatable bonds is 13. The lowest BCUT2D eigenvalue weighted by Crippen LogP contribution is -2.29. The maximum absolute atomic E-state index is 12.4. The van der Waals surface area contributed by atoms with Gasteiger partial charge in [-0.2, -0.15) is 13.2 Å². The van der Waals surface area contributed by atoms with Crippen molar-refractivity contribution >= 4 is 34.9 Å². The number of anilines is 1. The van der Waals surface area contributed by atoms with Gasteiger partial charge in [-0.3, -0.25) is 0 Å². The lowest BCUT2D eigenvalue weighted by atomic mass is 10.0. The molecule has 0 bridgehead atoms. The van der Waals surface area contributed by atoms with Crippen LogP contribution in [0.15, 0.2) is 66.7 Å². The van der Waals surface area contributed by atoms with Crippen LogP contribution in [0.25, 0.3) is 22.2 Å². The van der Waals surface area contributed by atoms with Gasteiger partial charge >= 0.3 is 24.3 Å². The third-order valence-electron chi connectivity index (χ3n) is 7.09. The number of urea groups is 1. The normalized spacial score (nSPS) is 11.0. The first-order chi connectivity index (χ1) is 22.4. The van der Waals surface area contributed by atoms with Crippen LogP contribution in [0.5, 0.6) is 5.75 Å². The average Bonchev–Trinajstić information content (AvgIpc) is 3.36. The number of para-hydroxylation sites is 1. The number of aliphatic carboxylic acids is 1. The topological polar surface area (TPSA) is 143 Å². The minimum Gasteiger partial charge on any atom is -0.475 e. The molecule has 4 aromatic rings. The number of nitrogens with one attached hydrogen (secondary N) is 2. The van der Waals surface area contributed by atoms with Gasteiger partial charge in [-0.05, 0) is 48.2 Å². The number of alkyl halides is 3. The maximum atomic E-state index is 12.4. The SMILES string of the molecule is CCCCCCNC(=O)Nc1ccc2nc(CCCC)n(Cc3ccc(-c4ccccc4OC(=O)O)cc3)c2c1.O=C(O)C(F)(F)F. The van der Waals surface area contributed by atoms with Gasteiger partial charge in [0.1, 0.15) is 11.6 Å². The van der Waals surface area contributed by atoms with E-state index in [1.54, 1.807) is 12.1 Å². The summed E-state index contributed by atoms with van der Waals surface area (Å²) in [4.78, 5) is 37.4. The number of nitrogens with zero attached hydrogens (tertiary/aromatic N) is 2. The summed E-state index contributed by atoms with van der Waals surface area (Å²) in [7, 11) is 0. The molecule has 252 valence electrons. The highest BCUT2D eigenvalue weighted by molar-refractivity contribution is 5.92. The van der Waals surface area contributed by atoms with E-state index in [4.69, 9.17) is 24.7 Å². The van der Waals surface area contributed by atoms with Crippen molar-refractivity contribution in [2.75, 3.05) is 11.9 Å². The van der Waals surface area contributed by atoms with Gasteiger partial charge < -0.3 is 30.2 Å². The van der Waals surface area contributed by atoms with Crippen LogP contribution in [-0.2, 0) is 17.8 Å². The predicted octanol–water partition coefficient (Wildman–Crippen LogP) is 8.49. The Morgan fingerprint density at radius 3 is 2.21 bits per heavy atom. The van der Waals surface area contributed by atoms with Gasteiger partial charge in [-0.15, -0.1) is 0 Å². The Kier molecular flexibility index (Phi) is 13.6. The summed E-state index contributed by atoms with van der Waals surface area (Å²) in [6.07, 6.45) is 0.990. The van der Waals surface area contributed by atoms with Gasteiger partial charge in [0.25, 0.3) is 0 Å². The number of hydrogen-bond donors (Lipinski definition) is 4. The van der Waals surface area contributed by atoms with Crippen LogP contribution in [0.2, 0.25) is 0 Å². The van der Waals surface area contributed by atoms with E-state index < -0.39 is 18.3 Å². The van der Waals surface area contributed by atoms with E-state index in [2.05, 4.69) is 29.0 Å². The van der Waals surface area contributed by atoms with Crippen molar-refractivity contribution in [3.63, 3.8) is 0 Å². The fourth-order valence-electron chi connectivity index (χ4n) is 4.74. The first kappa shape index (κ1) is 36.4. The number of imidazole rings is 1. The van der Waals surface area contributed by atoms with Gasteiger partial charge in [-0.25, -0.2) is 19.4 Å². The summed E-state index contributed by atoms with van der Waals surface area (Å²) in [6.45, 7) is 5.62. The molecule has 1 aromatic heterocycles. The fourth-order valence-corrected chi connectivity index (χ4v) is 4.74. The highest BCUT2D eigenvalue weighted by atomic mass is 19.4. The van der Waals surface area contributed by atoms with Crippen molar-refractivity contribution < 1.29 is 42.5 Å². The zero-order valence-corrected chi connectivity index (χ0v) is 26.3. The van der Waals surface area contributed by atoms with Gasteiger partial charge in [0.05, 0.1) is 11.0 Å². The van der Waals surface area contributed by atoms with E-state index in [-0.39, 0.29) is 6.03 Å². The van der Waals surface area contributed by atoms with E-state index in [0.717, 1.165) is 65.8 Å². The Bertz CT molecular complexity index is 1640. The van der Waals surface area contributed by atoms with Crippen LogP contribution in [0, 0.1) is 0 Å². The number of carboxylic acids is 1. The molecule has 4 N–H and O–H groups in total. The second kappa shape index (κ2) is 17.6. The predicted molar refractivity (Wildman–Crippen MR) is 173 cm³/mol. The Balaban J connectivity index is 0.000000771. The molecule has 4 rings (SSSR count). The molecule has 2 amide bonds. The summed E-state index contributed by atoms with van der Waals surface area (Å²) in [5.74, 6) is -1.44. The third kappa shape index (κ3) is 11.3. The number of fused-ring (bicyclic) bond motifs is 1. The Labute approximate surface area is 270 Å². The standard InChI is InChI=1S/C32H38N4O4.C2HF3O2/c1-3-5-7-10-20-33-31(37)34-25-18-19-27-28(21-25)36(30(35-27)13-6-4-2)22-23-14-16-24(17-15-23)26-11-8-9-12-29(26)40-32(38)39;3-2(4,5)1(6)7/h8-9,11-12,14-19,21H,3-7,10,13,20,22H2,1-2H3,(H,38,39)(H2,33,34,37);(H,6,7). The number of aromatic nitrogens is 2. The molecule has 47 heavy (non-hydrogen) atoms. The number of hydrogen-bond acceptors (Lipinski definition) is 5. The molecule has 0 fully saturated rings. The highest BCUT2D eigenvalue weighted by Gasteiger charge is 2.38. The molecule has 0 aliphatic carbocycles. The number of carboxylic acid groups (broad SMARTS) is 2. The molecule has 0 radical (unpaired) electrons.